The van der Waals surface area contributed by atoms with E-state index in [2.05, 4.69) is 35.7 Å². The molecule has 0 spiro atoms. The van der Waals surface area contributed by atoms with Gasteiger partial charge in [0.05, 0.1) is 6.54 Å². The van der Waals surface area contributed by atoms with E-state index in [1.165, 1.54) is 17.3 Å². The summed E-state index contributed by atoms with van der Waals surface area (Å²) < 4.78 is 1.35. The lowest BCUT2D eigenvalue weighted by molar-refractivity contribution is -0.120. The number of hydrogen-bond donors (Lipinski definition) is 3. The van der Waals surface area contributed by atoms with Gasteiger partial charge in [0, 0.05) is 5.54 Å². The summed E-state index contributed by atoms with van der Waals surface area (Å²) in [6, 6.07) is 0. The number of anilines is 2. The fourth-order valence-corrected chi connectivity index (χ4v) is 1.50. The van der Waals surface area contributed by atoms with Crippen LogP contribution in [0.3, 0.4) is 0 Å². The largest absolute Gasteiger partial charge is 0.368 e. The molecule has 2 aromatic heterocycles. The van der Waals surface area contributed by atoms with E-state index in [1.54, 1.807) is 0 Å². The number of hydrogen-bond acceptors (Lipinski definition) is 8. The van der Waals surface area contributed by atoms with Crippen LogP contribution >= 0.6 is 0 Å². The molecule has 112 valence electrons. The zero-order chi connectivity index (χ0) is 15.5. The van der Waals surface area contributed by atoms with Crippen LogP contribution in [-0.4, -0.2) is 47.7 Å². The maximum Gasteiger partial charge on any atom is 0.258 e. The van der Waals surface area contributed by atoms with Crippen molar-refractivity contribution in [3.05, 3.63) is 12.7 Å². The number of nitrogens with zero attached hydrogens (tertiary/aromatic N) is 6. The summed E-state index contributed by atoms with van der Waals surface area (Å²) in [5.74, 6) is 0.258. The third-order valence-corrected chi connectivity index (χ3v) is 2.19. The van der Waals surface area contributed by atoms with Crippen molar-refractivity contribution in [3.8, 4) is 5.95 Å². The number of aromatic nitrogens is 6. The monoisotopic (exact) mass is 291 g/mol. The Bertz CT molecular complexity index is 617. The van der Waals surface area contributed by atoms with Crippen molar-refractivity contribution < 1.29 is 4.79 Å². The Morgan fingerprint density at radius 3 is 2.71 bits per heavy atom. The minimum atomic E-state index is -0.303. The highest BCUT2D eigenvalue weighted by atomic mass is 16.2. The quantitative estimate of drug-likeness (QED) is 0.676. The molecule has 21 heavy (non-hydrogen) atoms. The van der Waals surface area contributed by atoms with Gasteiger partial charge in [0.15, 0.2) is 0 Å². The molecule has 0 radical (unpaired) electrons. The first-order valence-corrected chi connectivity index (χ1v) is 6.25. The van der Waals surface area contributed by atoms with Crippen LogP contribution in [0.2, 0.25) is 0 Å². The number of carbonyl (C=O) groups excluding carboxylic acids is 1. The molecule has 10 nitrogen and oxygen atoms in total. The molecular weight excluding hydrogens is 274 g/mol. The summed E-state index contributed by atoms with van der Waals surface area (Å²) in [6.07, 6.45) is 2.79. The van der Waals surface area contributed by atoms with Gasteiger partial charge in [-0.3, -0.25) is 4.79 Å². The fraction of sp³-hybridized carbons (Fsp3) is 0.455. The van der Waals surface area contributed by atoms with E-state index in [1.807, 2.05) is 20.8 Å². The third kappa shape index (κ3) is 4.37. The van der Waals surface area contributed by atoms with Crippen LogP contribution < -0.4 is 16.4 Å². The normalized spacial score (nSPS) is 11.2. The van der Waals surface area contributed by atoms with Crippen LogP contribution in [0.4, 0.5) is 11.9 Å². The highest BCUT2D eigenvalue weighted by Gasteiger charge is 2.14. The molecule has 0 fully saturated rings. The van der Waals surface area contributed by atoms with Crippen molar-refractivity contribution in [3.63, 3.8) is 0 Å². The molecule has 0 saturated carbocycles. The molecule has 0 unspecified atom stereocenters. The van der Waals surface area contributed by atoms with Gasteiger partial charge in [0.2, 0.25) is 17.8 Å². The zero-order valence-corrected chi connectivity index (χ0v) is 12.0. The van der Waals surface area contributed by atoms with Gasteiger partial charge in [0.25, 0.3) is 5.95 Å². The SMILES string of the molecule is CC(C)(C)NC(=O)CNc1nc(N)nc(-n2cncn2)n1. The predicted molar refractivity (Wildman–Crippen MR) is 75.5 cm³/mol. The van der Waals surface area contributed by atoms with Crippen LogP contribution in [0.25, 0.3) is 5.95 Å². The Labute approximate surface area is 121 Å². The summed E-state index contributed by atoms with van der Waals surface area (Å²) in [5.41, 5.74) is 5.31. The highest BCUT2D eigenvalue weighted by molar-refractivity contribution is 5.80. The molecule has 2 rings (SSSR count). The second-order valence-electron chi connectivity index (χ2n) is 5.31. The number of rotatable bonds is 4. The number of nitrogens with two attached hydrogens (primary N) is 1. The molecule has 0 bridgehead atoms. The van der Waals surface area contributed by atoms with Gasteiger partial charge in [-0.25, -0.2) is 4.98 Å². The Kier molecular flexibility index (Phi) is 3.96. The van der Waals surface area contributed by atoms with Crippen LogP contribution in [0, 0.1) is 0 Å². The van der Waals surface area contributed by atoms with E-state index in [0.717, 1.165) is 0 Å². The average molecular weight is 291 g/mol. The van der Waals surface area contributed by atoms with E-state index >= 15 is 0 Å². The number of amides is 1. The lowest BCUT2D eigenvalue weighted by Gasteiger charge is -2.20. The second kappa shape index (κ2) is 5.69. The van der Waals surface area contributed by atoms with Crippen molar-refractivity contribution in [2.24, 2.45) is 0 Å². The van der Waals surface area contributed by atoms with Crippen molar-refractivity contribution in [2.75, 3.05) is 17.6 Å². The molecular formula is C11H17N9O. The summed E-state index contributed by atoms with van der Waals surface area (Å²) in [6.45, 7) is 5.72. The van der Waals surface area contributed by atoms with Gasteiger partial charge in [-0.05, 0) is 20.8 Å². The van der Waals surface area contributed by atoms with Crippen LogP contribution in [0.5, 0.6) is 0 Å². The molecule has 4 N–H and O–H groups in total. The van der Waals surface area contributed by atoms with Crippen molar-refractivity contribution >= 4 is 17.8 Å². The molecule has 0 atom stereocenters. The topological polar surface area (TPSA) is 137 Å². The average Bonchev–Trinajstić information content (AvgIpc) is 2.87. The highest BCUT2D eigenvalue weighted by Crippen LogP contribution is 2.05. The smallest absolute Gasteiger partial charge is 0.258 e. The van der Waals surface area contributed by atoms with Gasteiger partial charge >= 0.3 is 0 Å². The Balaban J connectivity index is 2.06. The zero-order valence-electron chi connectivity index (χ0n) is 12.0. The minimum Gasteiger partial charge on any atom is -0.368 e. The summed E-state index contributed by atoms with van der Waals surface area (Å²) >= 11 is 0. The van der Waals surface area contributed by atoms with Gasteiger partial charge in [-0.2, -0.15) is 24.7 Å². The first-order chi connectivity index (χ1) is 9.83. The number of carbonyl (C=O) groups is 1. The van der Waals surface area contributed by atoms with Crippen LogP contribution in [0.1, 0.15) is 20.8 Å². The van der Waals surface area contributed by atoms with Crippen molar-refractivity contribution in [1.29, 1.82) is 0 Å². The standard InChI is InChI=1S/C11H17N9O/c1-11(2,3)19-7(21)4-14-9-16-8(12)17-10(18-9)20-6-13-5-15-20/h5-6H,4H2,1-3H3,(H,19,21)(H3,12,14,16,17,18). The molecule has 1 amide bonds. The van der Waals surface area contributed by atoms with E-state index < -0.39 is 0 Å². The first-order valence-electron chi connectivity index (χ1n) is 6.25. The van der Waals surface area contributed by atoms with Crippen LogP contribution in [0.15, 0.2) is 12.7 Å². The molecule has 0 aliphatic carbocycles. The minimum absolute atomic E-state index is 0.0224. The molecule has 0 aromatic carbocycles. The van der Waals surface area contributed by atoms with Gasteiger partial charge in [-0.1, -0.05) is 0 Å². The van der Waals surface area contributed by atoms with E-state index in [4.69, 9.17) is 5.73 Å². The molecule has 0 aliphatic heterocycles. The summed E-state index contributed by atoms with van der Waals surface area (Å²) in [5, 5.41) is 9.51. The molecule has 0 saturated heterocycles. The van der Waals surface area contributed by atoms with Crippen molar-refractivity contribution in [1.82, 2.24) is 35.0 Å². The van der Waals surface area contributed by atoms with Gasteiger partial charge in [0.1, 0.15) is 12.7 Å². The van der Waals surface area contributed by atoms with E-state index in [-0.39, 0.29) is 35.8 Å². The summed E-state index contributed by atoms with van der Waals surface area (Å²) in [7, 11) is 0. The Morgan fingerprint density at radius 2 is 2.10 bits per heavy atom. The predicted octanol–water partition coefficient (Wildman–Crippen LogP) is -0.639. The van der Waals surface area contributed by atoms with Crippen LogP contribution in [-0.2, 0) is 4.79 Å². The maximum absolute atomic E-state index is 11.7. The first kappa shape index (κ1) is 14.6. The molecule has 0 aliphatic rings. The van der Waals surface area contributed by atoms with E-state index in [9.17, 15) is 4.79 Å². The number of nitrogens with one attached hydrogen (secondary N) is 2. The van der Waals surface area contributed by atoms with Gasteiger partial charge < -0.3 is 16.4 Å². The Morgan fingerprint density at radius 1 is 1.33 bits per heavy atom. The lowest BCUT2D eigenvalue weighted by atomic mass is 10.1. The Hall–Kier alpha value is -2.78. The van der Waals surface area contributed by atoms with Gasteiger partial charge in [-0.15, -0.1) is 0 Å². The molecule has 2 aromatic rings. The van der Waals surface area contributed by atoms with Crippen molar-refractivity contribution in [2.45, 2.75) is 26.3 Å². The fourth-order valence-electron chi connectivity index (χ4n) is 1.50. The second-order valence-corrected chi connectivity index (χ2v) is 5.31. The molecule has 10 heteroatoms. The lowest BCUT2D eigenvalue weighted by Crippen LogP contribution is -2.43. The molecule has 2 heterocycles. The maximum atomic E-state index is 11.7. The summed E-state index contributed by atoms with van der Waals surface area (Å²) in [4.78, 5) is 27.5. The van der Waals surface area contributed by atoms with E-state index in [0.29, 0.717) is 0 Å². The number of nitrogen functional groups attached to an aromatic ring is 1. The third-order valence-electron chi connectivity index (χ3n) is 2.19.